The van der Waals surface area contributed by atoms with E-state index in [-0.39, 0.29) is 5.78 Å². The molecule has 0 saturated heterocycles. The van der Waals surface area contributed by atoms with Crippen LogP contribution < -0.4 is 10.1 Å². The van der Waals surface area contributed by atoms with Crippen molar-refractivity contribution in [2.24, 2.45) is 0 Å². The Bertz CT molecular complexity index is 668. The Kier molecular flexibility index (Phi) is 5.42. The molecule has 0 radical (unpaired) electrons. The molecule has 5 heteroatoms. The maximum absolute atomic E-state index is 12.0. The molecule has 108 valence electrons. The van der Waals surface area contributed by atoms with E-state index in [9.17, 15) is 4.79 Å². The van der Waals surface area contributed by atoms with Crippen LogP contribution in [0.1, 0.15) is 10.4 Å². The van der Waals surface area contributed by atoms with Crippen molar-refractivity contribution in [3.05, 3.63) is 69.8 Å². The Labute approximate surface area is 136 Å². The van der Waals surface area contributed by atoms with Crippen molar-refractivity contribution in [2.45, 2.75) is 0 Å². The topological polar surface area (TPSA) is 38.3 Å². The number of hydrogen-bond acceptors (Lipinski definition) is 3. The molecule has 2 aromatic rings. The maximum atomic E-state index is 12.0. The summed E-state index contributed by atoms with van der Waals surface area (Å²) >= 11 is 9.27. The zero-order chi connectivity index (χ0) is 15.2. The lowest BCUT2D eigenvalue weighted by Crippen LogP contribution is -1.97. The molecular formula is C16H13BrClNO2. The molecule has 0 aliphatic rings. The van der Waals surface area contributed by atoms with Crippen LogP contribution in [0.5, 0.6) is 5.75 Å². The zero-order valence-corrected chi connectivity index (χ0v) is 13.6. The van der Waals surface area contributed by atoms with Crippen molar-refractivity contribution in [1.29, 1.82) is 0 Å². The van der Waals surface area contributed by atoms with Gasteiger partial charge in [-0.25, -0.2) is 0 Å². The lowest BCUT2D eigenvalue weighted by Gasteiger charge is -2.08. The van der Waals surface area contributed by atoms with Gasteiger partial charge in [0.25, 0.3) is 0 Å². The van der Waals surface area contributed by atoms with Crippen LogP contribution in [-0.4, -0.2) is 12.9 Å². The molecule has 0 aromatic heterocycles. The van der Waals surface area contributed by atoms with E-state index in [4.69, 9.17) is 16.3 Å². The summed E-state index contributed by atoms with van der Waals surface area (Å²) in [6.45, 7) is 0. The van der Waals surface area contributed by atoms with Crippen LogP contribution in [0.15, 0.2) is 59.2 Å². The molecule has 0 amide bonds. The van der Waals surface area contributed by atoms with Gasteiger partial charge >= 0.3 is 0 Å². The second-order valence-corrected chi connectivity index (χ2v) is 5.55. The summed E-state index contributed by atoms with van der Waals surface area (Å²) < 4.78 is 6.15. The van der Waals surface area contributed by atoms with Crippen LogP contribution in [0, 0.1) is 0 Å². The maximum Gasteiger partial charge on any atom is 0.187 e. The highest BCUT2D eigenvalue weighted by Crippen LogP contribution is 2.27. The van der Waals surface area contributed by atoms with Crippen LogP contribution in [0.25, 0.3) is 0 Å². The van der Waals surface area contributed by atoms with Gasteiger partial charge < -0.3 is 10.1 Å². The average Bonchev–Trinajstić information content (AvgIpc) is 2.48. The normalized spacial score (nSPS) is 10.6. The molecule has 0 bridgehead atoms. The summed E-state index contributed by atoms with van der Waals surface area (Å²) in [6, 6.07) is 12.4. The number of anilines is 1. The Morgan fingerprint density at radius 2 is 1.95 bits per heavy atom. The van der Waals surface area contributed by atoms with Crippen molar-refractivity contribution in [1.82, 2.24) is 0 Å². The summed E-state index contributed by atoms with van der Waals surface area (Å²) in [5, 5.41) is 3.59. The quantitative estimate of drug-likeness (QED) is 0.603. The molecule has 21 heavy (non-hydrogen) atoms. The van der Waals surface area contributed by atoms with Gasteiger partial charge in [-0.2, -0.15) is 0 Å². The molecule has 2 rings (SSSR count). The molecule has 0 heterocycles. The zero-order valence-electron chi connectivity index (χ0n) is 11.3. The van der Waals surface area contributed by atoms with Gasteiger partial charge in [-0.15, -0.1) is 0 Å². The summed E-state index contributed by atoms with van der Waals surface area (Å²) in [6.07, 6.45) is 3.03. The van der Waals surface area contributed by atoms with Gasteiger partial charge in [0.15, 0.2) is 5.78 Å². The fourth-order valence-electron chi connectivity index (χ4n) is 1.71. The van der Waals surface area contributed by atoms with Gasteiger partial charge in [-0.1, -0.05) is 27.5 Å². The molecule has 2 aromatic carbocycles. The third-order valence-electron chi connectivity index (χ3n) is 2.76. The van der Waals surface area contributed by atoms with Gasteiger partial charge in [0, 0.05) is 27.3 Å². The number of nitrogens with one attached hydrogen (secondary N) is 1. The highest BCUT2D eigenvalue weighted by atomic mass is 79.9. The number of halogens is 2. The van der Waals surface area contributed by atoms with Gasteiger partial charge in [0.2, 0.25) is 0 Å². The highest BCUT2D eigenvalue weighted by Gasteiger charge is 2.03. The van der Waals surface area contributed by atoms with Crippen LogP contribution in [0.3, 0.4) is 0 Å². The number of methoxy groups -OCH3 is 1. The minimum absolute atomic E-state index is 0.0870. The minimum atomic E-state index is -0.0870. The SMILES string of the molecule is COc1ccc(Cl)cc1NC=CC(=O)c1ccc(Br)cc1. The van der Waals surface area contributed by atoms with Crippen LogP contribution in [0.4, 0.5) is 5.69 Å². The minimum Gasteiger partial charge on any atom is -0.495 e. The summed E-state index contributed by atoms with van der Waals surface area (Å²) in [4.78, 5) is 12.0. The van der Waals surface area contributed by atoms with Crippen LogP contribution >= 0.6 is 27.5 Å². The number of rotatable bonds is 5. The molecule has 0 atom stereocenters. The Morgan fingerprint density at radius 1 is 1.24 bits per heavy atom. The highest BCUT2D eigenvalue weighted by molar-refractivity contribution is 9.10. The second-order valence-electron chi connectivity index (χ2n) is 4.19. The molecule has 1 N–H and O–H groups in total. The number of hydrogen-bond donors (Lipinski definition) is 1. The van der Waals surface area contributed by atoms with E-state index in [1.165, 1.54) is 6.08 Å². The Balaban J connectivity index is 2.07. The molecule has 0 aliphatic heterocycles. The molecule has 3 nitrogen and oxygen atoms in total. The number of ketones is 1. The van der Waals surface area contributed by atoms with E-state index in [0.29, 0.717) is 22.0 Å². The summed E-state index contributed by atoms with van der Waals surface area (Å²) in [7, 11) is 1.57. The predicted octanol–water partition coefficient (Wildman–Crippen LogP) is 4.92. The van der Waals surface area contributed by atoms with Gasteiger partial charge in [-0.05, 0) is 42.5 Å². The van der Waals surface area contributed by atoms with Crippen molar-refractivity contribution in [3.8, 4) is 5.75 Å². The van der Waals surface area contributed by atoms with Crippen LogP contribution in [-0.2, 0) is 0 Å². The first-order chi connectivity index (χ1) is 10.1. The van der Waals surface area contributed by atoms with Crippen LogP contribution in [0.2, 0.25) is 5.02 Å². The number of benzene rings is 2. The largest absolute Gasteiger partial charge is 0.495 e. The second kappa shape index (κ2) is 7.29. The fourth-order valence-corrected chi connectivity index (χ4v) is 2.15. The van der Waals surface area contributed by atoms with E-state index < -0.39 is 0 Å². The summed E-state index contributed by atoms with van der Waals surface area (Å²) in [5.74, 6) is 0.566. The molecule has 0 aliphatic carbocycles. The number of ether oxygens (including phenoxy) is 1. The van der Waals surface area contributed by atoms with E-state index >= 15 is 0 Å². The summed E-state index contributed by atoms with van der Waals surface area (Å²) in [5.41, 5.74) is 1.32. The standard InChI is InChI=1S/C16H13BrClNO2/c1-21-16-7-6-13(18)10-14(16)19-9-8-15(20)11-2-4-12(17)5-3-11/h2-10,19H,1H3. The monoisotopic (exact) mass is 365 g/mol. The lowest BCUT2D eigenvalue weighted by molar-refractivity contribution is 0.104. The predicted molar refractivity (Wildman–Crippen MR) is 89.2 cm³/mol. The Hall–Kier alpha value is -1.78. The van der Waals surface area contributed by atoms with Gasteiger partial charge in [-0.3, -0.25) is 4.79 Å². The Morgan fingerprint density at radius 3 is 2.62 bits per heavy atom. The smallest absolute Gasteiger partial charge is 0.187 e. The third-order valence-corrected chi connectivity index (χ3v) is 3.53. The third kappa shape index (κ3) is 4.34. The van der Waals surface area contributed by atoms with Crippen molar-refractivity contribution in [3.63, 3.8) is 0 Å². The van der Waals surface area contributed by atoms with E-state index in [1.807, 2.05) is 12.1 Å². The molecule has 0 fully saturated rings. The molecule has 0 unspecified atom stereocenters. The van der Waals surface area contributed by atoms with Crippen molar-refractivity contribution in [2.75, 3.05) is 12.4 Å². The van der Waals surface area contributed by atoms with Crippen molar-refractivity contribution >= 4 is 39.0 Å². The fraction of sp³-hybridized carbons (Fsp3) is 0.0625. The first kappa shape index (κ1) is 15.6. The molecule has 0 spiro atoms. The average molecular weight is 367 g/mol. The first-order valence-corrected chi connectivity index (χ1v) is 7.34. The lowest BCUT2D eigenvalue weighted by atomic mass is 10.1. The van der Waals surface area contributed by atoms with E-state index in [1.54, 1.807) is 43.6 Å². The molecule has 0 saturated carbocycles. The number of carbonyl (C=O) groups is 1. The van der Waals surface area contributed by atoms with Gasteiger partial charge in [0.1, 0.15) is 5.75 Å². The van der Waals surface area contributed by atoms with Gasteiger partial charge in [0.05, 0.1) is 12.8 Å². The van der Waals surface area contributed by atoms with Crippen molar-refractivity contribution < 1.29 is 9.53 Å². The van der Waals surface area contributed by atoms with E-state index in [2.05, 4.69) is 21.2 Å². The van der Waals surface area contributed by atoms with E-state index in [0.717, 1.165) is 4.47 Å². The first-order valence-electron chi connectivity index (χ1n) is 6.16. The number of allylic oxidation sites excluding steroid dienone is 1. The molecular weight excluding hydrogens is 354 g/mol. The number of carbonyl (C=O) groups excluding carboxylic acids is 1.